The van der Waals surface area contributed by atoms with Crippen molar-refractivity contribution in [2.75, 3.05) is 37.3 Å². The van der Waals surface area contributed by atoms with Gasteiger partial charge in [-0.15, -0.1) is 0 Å². The van der Waals surface area contributed by atoms with Gasteiger partial charge in [0.2, 0.25) is 0 Å². The molecule has 136 valence electrons. The van der Waals surface area contributed by atoms with Crippen LogP contribution in [-0.4, -0.2) is 51.2 Å². The molecule has 0 unspecified atom stereocenters. The first-order valence-electron chi connectivity index (χ1n) is 9.18. The smallest absolute Gasteiger partial charge is 0.155 e. The molecule has 26 heavy (non-hydrogen) atoms. The average molecular weight is 351 g/mol. The molecule has 1 aliphatic heterocycles. The molecule has 0 radical (unpaired) electrons. The van der Waals surface area contributed by atoms with E-state index >= 15 is 0 Å². The summed E-state index contributed by atoms with van der Waals surface area (Å²) in [6.45, 7) is 4.09. The summed E-state index contributed by atoms with van der Waals surface area (Å²) in [5.41, 5.74) is 1.96. The Balaban J connectivity index is 1.29. The van der Waals surface area contributed by atoms with Crippen LogP contribution in [0.5, 0.6) is 0 Å². The Labute approximate surface area is 153 Å². The highest BCUT2D eigenvalue weighted by Gasteiger charge is 2.16. The number of pyridine rings is 1. The van der Waals surface area contributed by atoms with Crippen molar-refractivity contribution in [3.8, 4) is 0 Å². The molecule has 4 heterocycles. The molecule has 0 bridgehead atoms. The highest BCUT2D eigenvalue weighted by atomic mass is 15.3. The topological polar surface area (TPSA) is 70.4 Å². The number of hydrogen-bond acceptors (Lipinski definition) is 6. The molecule has 0 saturated carbocycles. The van der Waals surface area contributed by atoms with Crippen LogP contribution in [-0.2, 0) is 6.54 Å². The SMILES string of the molecule is CN1CCC(CNc2ccc(CNc3cnc4cccnn34)cn2)CC1. The molecular formula is C19H25N7. The minimum atomic E-state index is 0.687. The van der Waals surface area contributed by atoms with E-state index in [1.807, 2.05) is 18.3 Å². The number of rotatable bonds is 6. The molecule has 0 spiro atoms. The molecule has 4 rings (SSSR count). The predicted octanol–water partition coefficient (Wildman–Crippen LogP) is 2.49. The van der Waals surface area contributed by atoms with E-state index in [4.69, 9.17) is 0 Å². The minimum Gasteiger partial charge on any atom is -0.370 e. The van der Waals surface area contributed by atoms with E-state index < -0.39 is 0 Å². The summed E-state index contributed by atoms with van der Waals surface area (Å²) in [5.74, 6) is 2.58. The van der Waals surface area contributed by atoms with Gasteiger partial charge in [-0.2, -0.15) is 9.61 Å². The van der Waals surface area contributed by atoms with Gasteiger partial charge in [0.25, 0.3) is 0 Å². The lowest BCUT2D eigenvalue weighted by Crippen LogP contribution is -2.33. The van der Waals surface area contributed by atoms with E-state index in [0.717, 1.165) is 35.3 Å². The Morgan fingerprint density at radius 1 is 1.08 bits per heavy atom. The number of anilines is 2. The Bertz CT molecular complexity index is 834. The van der Waals surface area contributed by atoms with Crippen molar-refractivity contribution in [2.24, 2.45) is 5.92 Å². The first kappa shape index (κ1) is 16.8. The number of imidazole rings is 1. The average Bonchev–Trinajstić information content (AvgIpc) is 3.10. The van der Waals surface area contributed by atoms with E-state index in [1.54, 1.807) is 16.9 Å². The minimum absolute atomic E-state index is 0.687. The molecule has 7 heteroatoms. The van der Waals surface area contributed by atoms with E-state index in [1.165, 1.54) is 25.9 Å². The summed E-state index contributed by atoms with van der Waals surface area (Å²) in [6, 6.07) is 7.98. The summed E-state index contributed by atoms with van der Waals surface area (Å²) >= 11 is 0. The third-order valence-corrected chi connectivity index (χ3v) is 4.99. The highest BCUT2D eigenvalue weighted by molar-refractivity contribution is 5.48. The zero-order valence-electron chi connectivity index (χ0n) is 15.1. The summed E-state index contributed by atoms with van der Waals surface area (Å²) in [6.07, 6.45) is 8.00. The van der Waals surface area contributed by atoms with Gasteiger partial charge in [-0.25, -0.2) is 9.97 Å². The van der Waals surface area contributed by atoms with Crippen LogP contribution >= 0.6 is 0 Å². The number of hydrogen-bond donors (Lipinski definition) is 2. The van der Waals surface area contributed by atoms with Gasteiger partial charge in [0.15, 0.2) is 5.65 Å². The van der Waals surface area contributed by atoms with Crippen LogP contribution in [0, 0.1) is 5.92 Å². The van der Waals surface area contributed by atoms with E-state index in [0.29, 0.717) is 6.54 Å². The van der Waals surface area contributed by atoms with Crippen molar-refractivity contribution in [2.45, 2.75) is 19.4 Å². The molecule has 0 atom stereocenters. The number of piperidine rings is 1. The molecule has 3 aromatic rings. The lowest BCUT2D eigenvalue weighted by molar-refractivity contribution is 0.226. The van der Waals surface area contributed by atoms with Crippen LogP contribution < -0.4 is 10.6 Å². The van der Waals surface area contributed by atoms with Crippen molar-refractivity contribution in [3.63, 3.8) is 0 Å². The maximum absolute atomic E-state index is 4.54. The Morgan fingerprint density at radius 3 is 2.77 bits per heavy atom. The molecular weight excluding hydrogens is 326 g/mol. The third kappa shape index (κ3) is 3.94. The second-order valence-electron chi connectivity index (χ2n) is 6.97. The maximum atomic E-state index is 4.54. The van der Waals surface area contributed by atoms with E-state index in [-0.39, 0.29) is 0 Å². The van der Waals surface area contributed by atoms with Crippen molar-refractivity contribution in [1.82, 2.24) is 24.5 Å². The van der Waals surface area contributed by atoms with Crippen molar-refractivity contribution >= 4 is 17.3 Å². The molecule has 1 saturated heterocycles. The van der Waals surface area contributed by atoms with Gasteiger partial charge >= 0.3 is 0 Å². The molecule has 2 N–H and O–H groups in total. The number of nitrogens with zero attached hydrogens (tertiary/aromatic N) is 5. The molecule has 3 aromatic heterocycles. The second kappa shape index (κ2) is 7.70. The summed E-state index contributed by atoms with van der Waals surface area (Å²) in [5, 5.41) is 11.1. The molecule has 0 amide bonds. The van der Waals surface area contributed by atoms with Gasteiger partial charge in [0, 0.05) is 25.5 Å². The van der Waals surface area contributed by atoms with Gasteiger partial charge < -0.3 is 15.5 Å². The first-order valence-corrected chi connectivity index (χ1v) is 9.18. The van der Waals surface area contributed by atoms with E-state index in [9.17, 15) is 0 Å². The molecule has 7 nitrogen and oxygen atoms in total. The van der Waals surface area contributed by atoms with Crippen LogP contribution in [0.1, 0.15) is 18.4 Å². The molecule has 0 aromatic carbocycles. The lowest BCUT2D eigenvalue weighted by Gasteiger charge is -2.29. The number of fused-ring (bicyclic) bond motifs is 1. The fourth-order valence-electron chi connectivity index (χ4n) is 3.29. The Kier molecular flexibility index (Phi) is 4.97. The first-order chi connectivity index (χ1) is 12.8. The van der Waals surface area contributed by atoms with Crippen molar-refractivity contribution in [1.29, 1.82) is 0 Å². The quantitative estimate of drug-likeness (QED) is 0.711. The van der Waals surface area contributed by atoms with Gasteiger partial charge in [-0.1, -0.05) is 6.07 Å². The van der Waals surface area contributed by atoms with Crippen molar-refractivity contribution in [3.05, 3.63) is 48.4 Å². The molecule has 1 fully saturated rings. The van der Waals surface area contributed by atoms with Crippen LogP contribution in [0.15, 0.2) is 42.9 Å². The number of aromatic nitrogens is 4. The van der Waals surface area contributed by atoms with Gasteiger partial charge in [-0.05, 0) is 62.7 Å². The van der Waals surface area contributed by atoms with Crippen molar-refractivity contribution < 1.29 is 0 Å². The third-order valence-electron chi connectivity index (χ3n) is 4.99. The predicted molar refractivity (Wildman–Crippen MR) is 103 cm³/mol. The largest absolute Gasteiger partial charge is 0.370 e. The van der Waals surface area contributed by atoms with Gasteiger partial charge in [-0.3, -0.25) is 0 Å². The van der Waals surface area contributed by atoms with Crippen LogP contribution in [0.2, 0.25) is 0 Å². The van der Waals surface area contributed by atoms with Crippen LogP contribution in [0.3, 0.4) is 0 Å². The lowest BCUT2D eigenvalue weighted by atomic mass is 9.97. The summed E-state index contributed by atoms with van der Waals surface area (Å²) in [7, 11) is 2.20. The second-order valence-corrected chi connectivity index (χ2v) is 6.97. The highest BCUT2D eigenvalue weighted by Crippen LogP contribution is 2.17. The zero-order valence-corrected chi connectivity index (χ0v) is 15.1. The van der Waals surface area contributed by atoms with Crippen LogP contribution in [0.25, 0.3) is 5.65 Å². The normalized spacial score (nSPS) is 16.0. The van der Waals surface area contributed by atoms with Gasteiger partial charge in [0.1, 0.15) is 11.6 Å². The zero-order chi connectivity index (χ0) is 17.8. The fourth-order valence-corrected chi connectivity index (χ4v) is 3.29. The van der Waals surface area contributed by atoms with Crippen LogP contribution in [0.4, 0.5) is 11.6 Å². The standard InChI is InChI=1S/C19H25N7/c1-25-9-6-15(7-10-25)11-20-17-5-4-16(12-21-17)13-22-19-14-23-18-3-2-8-24-26(18)19/h2-5,8,12,14-15,22H,6-7,9-11,13H2,1H3,(H,20,21). The van der Waals surface area contributed by atoms with Gasteiger partial charge in [0.05, 0.1) is 6.20 Å². The monoisotopic (exact) mass is 351 g/mol. The fraction of sp³-hybridized carbons (Fsp3) is 0.421. The molecule has 1 aliphatic rings. The number of likely N-dealkylation sites (tertiary alicyclic amines) is 1. The Hall–Kier alpha value is -2.67. The molecule has 0 aliphatic carbocycles. The Morgan fingerprint density at radius 2 is 1.96 bits per heavy atom. The maximum Gasteiger partial charge on any atom is 0.155 e. The summed E-state index contributed by atoms with van der Waals surface area (Å²) < 4.78 is 1.80. The van der Waals surface area contributed by atoms with E-state index in [2.05, 4.69) is 49.8 Å². The summed E-state index contributed by atoms with van der Waals surface area (Å²) in [4.78, 5) is 11.3. The number of nitrogens with one attached hydrogen (secondary N) is 2.